The van der Waals surface area contributed by atoms with Gasteiger partial charge in [-0.2, -0.15) is 0 Å². The highest BCUT2D eigenvalue weighted by molar-refractivity contribution is 6.05. The summed E-state index contributed by atoms with van der Waals surface area (Å²) >= 11 is 0. The molecule has 1 aliphatic rings. The first-order chi connectivity index (χ1) is 15.1. The fourth-order valence-corrected chi connectivity index (χ4v) is 3.89. The number of rotatable bonds is 6. The van der Waals surface area contributed by atoms with Gasteiger partial charge >= 0.3 is 6.03 Å². The van der Waals surface area contributed by atoms with Crippen LogP contribution >= 0.6 is 0 Å². The molecule has 6 heteroatoms. The Bertz CT molecular complexity index is 1080. The monoisotopic (exact) mass is 414 g/mol. The Morgan fingerprint density at radius 1 is 0.968 bits per heavy atom. The topological polar surface area (TPSA) is 96.2 Å². The standard InChI is InChI=1S/C25H26N4O2/c26-21-8-4-5-9-23(21)28-24(30)19-10-12-20-18(16-19)11-13-22(20)29-25(31)27-15-14-17-6-2-1-3-7-17/h1-10,12,16,22H,11,13-15,26H2,(H,28,30)(H2,27,29,31). The number of nitrogen functional groups attached to an aromatic ring is 1. The minimum atomic E-state index is -0.198. The van der Waals surface area contributed by atoms with Gasteiger partial charge in [-0.15, -0.1) is 0 Å². The molecule has 0 radical (unpaired) electrons. The number of anilines is 2. The van der Waals surface area contributed by atoms with Gasteiger partial charge in [-0.25, -0.2) is 4.79 Å². The molecule has 3 amide bonds. The minimum absolute atomic E-state index is 0.0476. The van der Waals surface area contributed by atoms with Crippen LogP contribution in [0.25, 0.3) is 0 Å². The van der Waals surface area contributed by atoms with Crippen LogP contribution in [-0.4, -0.2) is 18.5 Å². The van der Waals surface area contributed by atoms with Crippen molar-refractivity contribution in [2.24, 2.45) is 0 Å². The van der Waals surface area contributed by atoms with Crippen LogP contribution in [0.3, 0.4) is 0 Å². The molecule has 0 fully saturated rings. The van der Waals surface area contributed by atoms with E-state index in [-0.39, 0.29) is 18.0 Å². The zero-order valence-electron chi connectivity index (χ0n) is 17.2. The van der Waals surface area contributed by atoms with Gasteiger partial charge in [-0.1, -0.05) is 48.5 Å². The van der Waals surface area contributed by atoms with Crippen LogP contribution in [0.15, 0.2) is 72.8 Å². The summed E-state index contributed by atoms with van der Waals surface area (Å²) in [5.74, 6) is -0.198. The molecule has 3 aromatic carbocycles. The first-order valence-corrected chi connectivity index (χ1v) is 10.5. The molecule has 0 saturated carbocycles. The third-order valence-corrected chi connectivity index (χ3v) is 5.54. The third kappa shape index (κ3) is 5.04. The summed E-state index contributed by atoms with van der Waals surface area (Å²) in [7, 11) is 0. The van der Waals surface area contributed by atoms with E-state index in [4.69, 9.17) is 5.73 Å². The highest BCUT2D eigenvalue weighted by Gasteiger charge is 2.25. The predicted octanol–water partition coefficient (Wildman–Crippen LogP) is 4.05. The van der Waals surface area contributed by atoms with Crippen molar-refractivity contribution >= 4 is 23.3 Å². The van der Waals surface area contributed by atoms with Gasteiger partial charge in [0, 0.05) is 12.1 Å². The summed E-state index contributed by atoms with van der Waals surface area (Å²) in [5.41, 5.74) is 11.0. The number of amides is 3. The van der Waals surface area contributed by atoms with E-state index in [0.29, 0.717) is 23.5 Å². The number of aryl methyl sites for hydroxylation is 1. The second kappa shape index (κ2) is 9.34. The van der Waals surface area contributed by atoms with Crippen molar-refractivity contribution in [3.05, 3.63) is 95.1 Å². The first-order valence-electron chi connectivity index (χ1n) is 10.5. The number of hydrogen-bond acceptors (Lipinski definition) is 3. The Morgan fingerprint density at radius 3 is 2.55 bits per heavy atom. The van der Waals surface area contributed by atoms with Crippen LogP contribution in [0.4, 0.5) is 16.2 Å². The van der Waals surface area contributed by atoms with Crippen molar-refractivity contribution in [2.75, 3.05) is 17.6 Å². The summed E-state index contributed by atoms with van der Waals surface area (Å²) in [6.45, 7) is 0.581. The number of fused-ring (bicyclic) bond motifs is 1. The van der Waals surface area contributed by atoms with Crippen LogP contribution in [0.5, 0.6) is 0 Å². The van der Waals surface area contributed by atoms with Gasteiger partial charge in [0.25, 0.3) is 5.91 Å². The SMILES string of the molecule is Nc1ccccc1NC(=O)c1ccc2c(c1)CCC2NC(=O)NCCc1ccccc1. The number of carbonyl (C=O) groups excluding carboxylic acids is 2. The molecule has 0 aliphatic heterocycles. The second-order valence-corrected chi connectivity index (χ2v) is 7.68. The lowest BCUT2D eigenvalue weighted by Crippen LogP contribution is -2.38. The largest absolute Gasteiger partial charge is 0.397 e. The zero-order valence-corrected chi connectivity index (χ0v) is 17.2. The zero-order chi connectivity index (χ0) is 21.6. The molecule has 0 heterocycles. The maximum Gasteiger partial charge on any atom is 0.315 e. The molecular weight excluding hydrogens is 388 g/mol. The van der Waals surface area contributed by atoms with Crippen molar-refractivity contribution in [3.8, 4) is 0 Å². The average molecular weight is 415 g/mol. The first kappa shape index (κ1) is 20.5. The van der Waals surface area contributed by atoms with Gasteiger partial charge in [0.2, 0.25) is 0 Å². The summed E-state index contributed by atoms with van der Waals surface area (Å²) in [5, 5.41) is 8.83. The maximum atomic E-state index is 12.6. The Morgan fingerprint density at radius 2 is 1.74 bits per heavy atom. The van der Waals surface area contributed by atoms with Gasteiger partial charge in [-0.3, -0.25) is 4.79 Å². The van der Waals surface area contributed by atoms with Gasteiger partial charge in [0.15, 0.2) is 0 Å². The fourth-order valence-electron chi connectivity index (χ4n) is 3.89. The van der Waals surface area contributed by atoms with Gasteiger partial charge in [0.1, 0.15) is 0 Å². The molecule has 3 aromatic rings. The molecule has 1 aliphatic carbocycles. The molecule has 1 unspecified atom stereocenters. The third-order valence-electron chi connectivity index (χ3n) is 5.54. The van der Waals surface area contributed by atoms with E-state index in [2.05, 4.69) is 16.0 Å². The summed E-state index contributed by atoms with van der Waals surface area (Å²) in [6, 6.07) is 22.6. The molecule has 0 bridgehead atoms. The number of para-hydroxylation sites is 2. The fraction of sp³-hybridized carbons (Fsp3) is 0.200. The highest BCUT2D eigenvalue weighted by Crippen LogP contribution is 2.32. The molecule has 4 rings (SSSR count). The predicted molar refractivity (Wildman–Crippen MR) is 123 cm³/mol. The van der Waals surface area contributed by atoms with E-state index in [9.17, 15) is 9.59 Å². The lowest BCUT2D eigenvalue weighted by Gasteiger charge is -2.15. The van der Waals surface area contributed by atoms with Crippen molar-refractivity contribution in [1.82, 2.24) is 10.6 Å². The number of hydrogen-bond donors (Lipinski definition) is 4. The quantitative estimate of drug-likeness (QED) is 0.458. The highest BCUT2D eigenvalue weighted by atomic mass is 16.2. The lowest BCUT2D eigenvalue weighted by atomic mass is 10.0. The normalized spacial score (nSPS) is 14.5. The van der Waals surface area contributed by atoms with Crippen LogP contribution < -0.4 is 21.7 Å². The van der Waals surface area contributed by atoms with Crippen LogP contribution in [0.1, 0.15) is 39.5 Å². The number of nitrogens with one attached hydrogen (secondary N) is 3. The Labute approximate surface area is 181 Å². The minimum Gasteiger partial charge on any atom is -0.397 e. The molecule has 5 N–H and O–H groups in total. The van der Waals surface area contributed by atoms with Crippen molar-refractivity contribution in [1.29, 1.82) is 0 Å². The Balaban J connectivity index is 1.33. The summed E-state index contributed by atoms with van der Waals surface area (Å²) in [6.07, 6.45) is 2.43. The van der Waals surface area contributed by atoms with Crippen LogP contribution in [0.2, 0.25) is 0 Å². The van der Waals surface area contributed by atoms with E-state index < -0.39 is 0 Å². The number of urea groups is 1. The van der Waals surface area contributed by atoms with E-state index in [1.54, 1.807) is 18.2 Å². The van der Waals surface area contributed by atoms with Crippen molar-refractivity contribution in [2.45, 2.75) is 25.3 Å². The summed E-state index contributed by atoms with van der Waals surface area (Å²) < 4.78 is 0. The van der Waals surface area contributed by atoms with Gasteiger partial charge in [0.05, 0.1) is 17.4 Å². The molecule has 6 nitrogen and oxygen atoms in total. The maximum absolute atomic E-state index is 12.6. The van der Waals surface area contributed by atoms with E-state index in [0.717, 1.165) is 30.4 Å². The Kier molecular flexibility index (Phi) is 6.17. The number of nitrogens with two attached hydrogens (primary N) is 1. The van der Waals surface area contributed by atoms with Crippen molar-refractivity contribution in [3.63, 3.8) is 0 Å². The second-order valence-electron chi connectivity index (χ2n) is 7.68. The lowest BCUT2D eigenvalue weighted by molar-refractivity contribution is 0.102. The van der Waals surface area contributed by atoms with Gasteiger partial charge in [-0.05, 0) is 60.2 Å². The molecular formula is C25H26N4O2. The van der Waals surface area contributed by atoms with Crippen molar-refractivity contribution < 1.29 is 9.59 Å². The molecule has 158 valence electrons. The van der Waals surface area contributed by atoms with E-state index >= 15 is 0 Å². The number of carbonyl (C=O) groups is 2. The smallest absolute Gasteiger partial charge is 0.315 e. The van der Waals surface area contributed by atoms with E-state index in [1.165, 1.54) is 5.56 Å². The summed E-state index contributed by atoms with van der Waals surface area (Å²) in [4.78, 5) is 24.9. The Hall–Kier alpha value is -3.80. The molecule has 31 heavy (non-hydrogen) atoms. The average Bonchev–Trinajstić information content (AvgIpc) is 3.18. The van der Waals surface area contributed by atoms with Crippen LogP contribution in [0, 0.1) is 0 Å². The van der Waals surface area contributed by atoms with Gasteiger partial charge < -0.3 is 21.7 Å². The van der Waals surface area contributed by atoms with E-state index in [1.807, 2.05) is 54.6 Å². The molecule has 0 saturated heterocycles. The van der Waals surface area contributed by atoms with Crippen LogP contribution in [-0.2, 0) is 12.8 Å². The number of benzene rings is 3. The molecule has 0 spiro atoms. The molecule has 1 atom stereocenters. The molecule has 0 aromatic heterocycles.